The lowest BCUT2D eigenvalue weighted by Crippen LogP contribution is -2.57. The lowest BCUT2D eigenvalue weighted by molar-refractivity contribution is -0.139. The smallest absolute Gasteiger partial charge is 0.410 e. The van der Waals surface area contributed by atoms with Crippen molar-refractivity contribution in [2.24, 2.45) is 5.92 Å². The molecule has 4 amide bonds. The predicted molar refractivity (Wildman–Crippen MR) is 191 cm³/mol. The molecule has 14 nitrogen and oxygen atoms in total. The van der Waals surface area contributed by atoms with Gasteiger partial charge in [-0.1, -0.05) is 32.1 Å². The molecule has 53 heavy (non-hydrogen) atoms. The first-order chi connectivity index (χ1) is 25.3. The second kappa shape index (κ2) is 14.0. The molecule has 16 heteroatoms. The molecule has 2 aliphatic heterocycles. The number of rotatable bonds is 12. The van der Waals surface area contributed by atoms with Crippen LogP contribution in [0.25, 0.3) is 5.69 Å². The Morgan fingerprint density at radius 2 is 1.85 bits per heavy atom. The molecule has 0 radical (unpaired) electrons. The van der Waals surface area contributed by atoms with Gasteiger partial charge in [-0.25, -0.2) is 22.3 Å². The summed E-state index contributed by atoms with van der Waals surface area (Å²) in [5, 5.41) is 9.61. The van der Waals surface area contributed by atoms with E-state index in [1.165, 1.54) is 15.9 Å². The standard InChI is InChI=1S/C37H42FN7O7S/c1-4-24-18-37(24,35(48)42-53(50,51)28-13-14-28)41-33(46)31-17-27(52-36(49)43-19-23-7-5-8-30(38)29(23)21-43)20-44(31)34(47)32(22(2)3)40-25-9-11-26(12-10-25)45-16-6-15-39-45/h5-12,15-16,24,27-28,31-32,40H,2,4,13-14,17-21H2,1,3H3,(H,41,46)(H,42,48)/t24-,27-,31+,32+,37-/m1/s1. The number of benzene rings is 2. The summed E-state index contributed by atoms with van der Waals surface area (Å²) in [6.07, 6.45) is 3.39. The number of hydrogen-bond acceptors (Lipinski definition) is 9. The van der Waals surface area contributed by atoms with Crippen LogP contribution in [-0.4, -0.2) is 87.3 Å². The second-order valence-electron chi connectivity index (χ2n) is 14.3. The minimum atomic E-state index is -3.88. The van der Waals surface area contributed by atoms with E-state index in [0.717, 1.165) is 5.69 Å². The molecule has 280 valence electrons. The van der Waals surface area contributed by atoms with Crippen molar-refractivity contribution in [2.75, 3.05) is 11.9 Å². The summed E-state index contributed by atoms with van der Waals surface area (Å²) in [5.41, 5.74) is 1.46. The fraction of sp³-hybridized carbons (Fsp3) is 0.432. The molecule has 2 saturated carbocycles. The normalized spacial score (nSPS) is 23.9. The van der Waals surface area contributed by atoms with Gasteiger partial charge < -0.3 is 20.3 Å². The maximum absolute atomic E-state index is 14.4. The number of sulfonamides is 1. The maximum atomic E-state index is 14.4. The number of nitrogens with one attached hydrogen (secondary N) is 3. The highest BCUT2D eigenvalue weighted by Gasteiger charge is 2.62. The average molecular weight is 748 g/mol. The number of anilines is 1. The Balaban J connectivity index is 1.11. The van der Waals surface area contributed by atoms with Gasteiger partial charge in [0.2, 0.25) is 21.8 Å². The van der Waals surface area contributed by atoms with E-state index in [2.05, 4.69) is 27.0 Å². The van der Waals surface area contributed by atoms with Gasteiger partial charge in [-0.15, -0.1) is 0 Å². The van der Waals surface area contributed by atoms with Crippen LogP contribution in [0.4, 0.5) is 14.9 Å². The lowest BCUT2D eigenvalue weighted by atomic mass is 10.1. The number of aromatic nitrogens is 2. The zero-order valence-corrected chi connectivity index (χ0v) is 30.3. The van der Waals surface area contributed by atoms with Gasteiger partial charge in [-0.3, -0.25) is 24.0 Å². The largest absolute Gasteiger partial charge is 0.444 e. The fourth-order valence-corrected chi connectivity index (χ4v) is 8.62. The van der Waals surface area contributed by atoms with Gasteiger partial charge in [0.05, 0.1) is 24.0 Å². The maximum Gasteiger partial charge on any atom is 0.410 e. The van der Waals surface area contributed by atoms with E-state index in [0.29, 0.717) is 41.6 Å². The van der Waals surface area contributed by atoms with Gasteiger partial charge in [-0.2, -0.15) is 5.10 Å². The lowest BCUT2D eigenvalue weighted by Gasteiger charge is -2.30. The summed E-state index contributed by atoms with van der Waals surface area (Å²) >= 11 is 0. The molecule has 2 aromatic carbocycles. The predicted octanol–water partition coefficient (Wildman–Crippen LogP) is 3.38. The quantitative estimate of drug-likeness (QED) is 0.235. The molecule has 4 aliphatic rings. The third-order valence-electron chi connectivity index (χ3n) is 10.5. The van der Waals surface area contributed by atoms with Crippen molar-refractivity contribution in [1.82, 2.24) is 29.6 Å². The van der Waals surface area contributed by atoms with Gasteiger partial charge in [0.1, 0.15) is 29.5 Å². The van der Waals surface area contributed by atoms with E-state index in [4.69, 9.17) is 4.74 Å². The summed E-state index contributed by atoms with van der Waals surface area (Å²) < 4.78 is 49.5. The monoisotopic (exact) mass is 747 g/mol. The summed E-state index contributed by atoms with van der Waals surface area (Å²) in [4.78, 5) is 58.1. The fourth-order valence-electron chi connectivity index (χ4n) is 7.26. The van der Waals surface area contributed by atoms with Crippen LogP contribution in [0, 0.1) is 11.7 Å². The molecule has 3 heterocycles. The molecule has 3 fully saturated rings. The van der Waals surface area contributed by atoms with Gasteiger partial charge in [0, 0.05) is 36.6 Å². The Bertz CT molecular complexity index is 2050. The third kappa shape index (κ3) is 7.24. The molecule has 1 aromatic heterocycles. The van der Waals surface area contributed by atoms with Crippen LogP contribution >= 0.6 is 0 Å². The van der Waals surface area contributed by atoms with E-state index in [1.54, 1.807) is 54.3 Å². The SMILES string of the molecule is C=C(C)[C@H](Nc1ccc(-n2cccn2)cc1)C(=O)N1C[C@H](OC(=O)N2Cc3cccc(F)c3C2)C[C@H]1C(=O)N[C@]1(C(=O)NS(=O)(=O)C2CC2)C[C@H]1CC. The van der Waals surface area contributed by atoms with Crippen LogP contribution in [0.3, 0.4) is 0 Å². The summed E-state index contributed by atoms with van der Waals surface area (Å²) in [5.74, 6) is -2.72. The van der Waals surface area contributed by atoms with Crippen LogP contribution in [0.5, 0.6) is 0 Å². The summed E-state index contributed by atoms with van der Waals surface area (Å²) in [6.45, 7) is 7.56. The number of hydrogen-bond donors (Lipinski definition) is 3. The Labute approximate surface area is 306 Å². The number of halogens is 1. The molecule has 0 unspecified atom stereocenters. The number of ether oxygens (including phenoxy) is 1. The van der Waals surface area contributed by atoms with Gasteiger partial charge >= 0.3 is 6.09 Å². The van der Waals surface area contributed by atoms with E-state index in [9.17, 15) is 32.0 Å². The molecule has 3 aromatic rings. The third-order valence-corrected chi connectivity index (χ3v) is 12.4. The van der Waals surface area contributed by atoms with Gasteiger partial charge in [-0.05, 0) is 79.6 Å². The highest BCUT2D eigenvalue weighted by molar-refractivity contribution is 7.91. The number of amides is 4. The Morgan fingerprint density at radius 3 is 2.47 bits per heavy atom. The second-order valence-corrected chi connectivity index (χ2v) is 16.3. The van der Waals surface area contributed by atoms with Crippen LogP contribution in [0.2, 0.25) is 0 Å². The molecule has 2 aliphatic carbocycles. The van der Waals surface area contributed by atoms with Crippen molar-refractivity contribution in [2.45, 2.75) is 88.0 Å². The van der Waals surface area contributed by atoms with Crippen LogP contribution in [0.1, 0.15) is 57.1 Å². The first-order valence-electron chi connectivity index (χ1n) is 17.7. The van der Waals surface area contributed by atoms with Gasteiger partial charge in [0.25, 0.3) is 5.91 Å². The number of fused-ring (bicyclic) bond motifs is 1. The Hall–Kier alpha value is -5.25. The van der Waals surface area contributed by atoms with Crippen molar-refractivity contribution in [3.8, 4) is 5.69 Å². The summed E-state index contributed by atoms with van der Waals surface area (Å²) in [7, 11) is -3.88. The van der Waals surface area contributed by atoms with Crippen molar-refractivity contribution in [3.05, 3.63) is 90.0 Å². The van der Waals surface area contributed by atoms with Crippen LogP contribution in [-0.2, 0) is 42.2 Å². The molecular formula is C37H42FN7O7S. The topological polar surface area (TPSA) is 172 Å². The molecule has 3 N–H and O–H groups in total. The van der Waals surface area contributed by atoms with E-state index < -0.39 is 68.6 Å². The minimum absolute atomic E-state index is 0.0146. The number of carbonyl (C=O) groups is 4. The van der Waals surface area contributed by atoms with E-state index >= 15 is 0 Å². The van der Waals surface area contributed by atoms with Crippen molar-refractivity contribution >= 4 is 39.5 Å². The molecule has 1 saturated heterocycles. The first-order valence-corrected chi connectivity index (χ1v) is 19.3. The Morgan fingerprint density at radius 1 is 1.09 bits per heavy atom. The minimum Gasteiger partial charge on any atom is -0.444 e. The number of nitrogens with zero attached hydrogens (tertiary/aromatic N) is 4. The molecule has 0 bridgehead atoms. The molecule has 5 atom stereocenters. The highest BCUT2D eigenvalue weighted by Crippen LogP contribution is 2.47. The Kier molecular flexibility index (Phi) is 9.51. The van der Waals surface area contributed by atoms with Crippen molar-refractivity contribution in [1.29, 1.82) is 0 Å². The first kappa shape index (κ1) is 36.1. The summed E-state index contributed by atoms with van der Waals surface area (Å²) in [6, 6.07) is 11.5. The zero-order chi connectivity index (χ0) is 37.7. The van der Waals surface area contributed by atoms with Gasteiger partial charge in [0.15, 0.2) is 0 Å². The van der Waals surface area contributed by atoms with E-state index in [-0.39, 0.29) is 38.4 Å². The highest BCUT2D eigenvalue weighted by atomic mass is 32.2. The molecule has 7 rings (SSSR count). The number of likely N-dealkylation sites (tertiary alicyclic amines) is 1. The van der Waals surface area contributed by atoms with Crippen molar-refractivity contribution < 1.29 is 36.7 Å². The zero-order valence-electron chi connectivity index (χ0n) is 29.5. The van der Waals surface area contributed by atoms with Crippen LogP contribution in [0.15, 0.2) is 73.1 Å². The van der Waals surface area contributed by atoms with Crippen molar-refractivity contribution in [3.63, 3.8) is 0 Å². The van der Waals surface area contributed by atoms with Crippen LogP contribution < -0.4 is 15.4 Å². The molecular weight excluding hydrogens is 706 g/mol. The van der Waals surface area contributed by atoms with E-state index in [1.807, 2.05) is 19.1 Å². The number of carbonyl (C=O) groups excluding carboxylic acids is 4. The average Bonchev–Trinajstić information content (AvgIpc) is 3.90. The molecule has 0 spiro atoms.